The van der Waals surface area contributed by atoms with Crippen LogP contribution in [0.4, 0.5) is 15.9 Å². The topological polar surface area (TPSA) is 44.7 Å². The first-order valence-electron chi connectivity index (χ1n) is 10.9. The van der Waals surface area contributed by atoms with Crippen molar-refractivity contribution in [3.63, 3.8) is 0 Å². The Kier molecular flexibility index (Phi) is 5.77. The van der Waals surface area contributed by atoms with Crippen molar-refractivity contribution in [1.29, 1.82) is 0 Å². The van der Waals surface area contributed by atoms with Gasteiger partial charge in [0.15, 0.2) is 0 Å². The van der Waals surface area contributed by atoms with Crippen molar-refractivity contribution in [2.24, 2.45) is 0 Å². The van der Waals surface area contributed by atoms with E-state index < -0.39 is 0 Å². The molecule has 2 saturated heterocycles. The van der Waals surface area contributed by atoms with E-state index in [4.69, 9.17) is 14.7 Å². The summed E-state index contributed by atoms with van der Waals surface area (Å²) in [6, 6.07) is 6.79. The molecule has 2 aliphatic rings. The Hall–Kier alpha value is -2.29. The van der Waals surface area contributed by atoms with Gasteiger partial charge in [-0.3, -0.25) is 4.90 Å². The molecule has 3 aromatic rings. The van der Waals surface area contributed by atoms with Crippen molar-refractivity contribution in [3.05, 3.63) is 46.3 Å². The van der Waals surface area contributed by atoms with Crippen LogP contribution in [-0.4, -0.2) is 67.4 Å². The molecule has 4 heterocycles. The molecule has 1 aromatic carbocycles. The molecule has 8 heteroatoms. The highest BCUT2D eigenvalue weighted by Gasteiger charge is 2.24. The zero-order valence-corrected chi connectivity index (χ0v) is 18.9. The standard InChI is InChI=1S/C23H28FN5OS/c1-16-17(2)31-23-21(16)22(25-20(26-23)15-27-11-13-30-14-12-27)29-9-7-28(8-10-29)19-5-3-18(24)4-6-19/h3-6H,7-15H2,1-2H3. The monoisotopic (exact) mass is 441 g/mol. The summed E-state index contributed by atoms with van der Waals surface area (Å²) < 4.78 is 18.8. The van der Waals surface area contributed by atoms with E-state index >= 15 is 0 Å². The lowest BCUT2D eigenvalue weighted by Crippen LogP contribution is -2.47. The van der Waals surface area contributed by atoms with Gasteiger partial charge in [-0.2, -0.15) is 0 Å². The number of rotatable bonds is 4. The predicted octanol–water partition coefficient (Wildman–Crippen LogP) is 3.61. The second-order valence-corrected chi connectivity index (χ2v) is 9.47. The van der Waals surface area contributed by atoms with Crippen LogP contribution < -0.4 is 9.80 Å². The maximum Gasteiger partial charge on any atom is 0.146 e. The van der Waals surface area contributed by atoms with Gasteiger partial charge in [0.2, 0.25) is 0 Å². The van der Waals surface area contributed by atoms with Gasteiger partial charge < -0.3 is 14.5 Å². The normalized spacial score (nSPS) is 18.2. The summed E-state index contributed by atoms with van der Waals surface area (Å²) in [5.41, 5.74) is 2.36. The summed E-state index contributed by atoms with van der Waals surface area (Å²) in [6.45, 7) is 12.1. The Morgan fingerprint density at radius 3 is 2.32 bits per heavy atom. The Morgan fingerprint density at radius 2 is 1.61 bits per heavy atom. The molecule has 0 atom stereocenters. The fourth-order valence-corrected chi connectivity index (χ4v) is 5.40. The van der Waals surface area contributed by atoms with Gasteiger partial charge in [-0.1, -0.05) is 0 Å². The van der Waals surface area contributed by atoms with Crippen LogP contribution in [0.25, 0.3) is 10.2 Å². The van der Waals surface area contributed by atoms with Crippen molar-refractivity contribution in [2.45, 2.75) is 20.4 Å². The zero-order valence-electron chi connectivity index (χ0n) is 18.1. The fourth-order valence-electron chi connectivity index (χ4n) is 4.36. The minimum atomic E-state index is -0.193. The number of hydrogen-bond donors (Lipinski definition) is 0. The van der Waals surface area contributed by atoms with Crippen LogP contribution in [0.15, 0.2) is 24.3 Å². The van der Waals surface area contributed by atoms with Crippen molar-refractivity contribution in [1.82, 2.24) is 14.9 Å². The number of piperazine rings is 1. The molecule has 0 amide bonds. The third kappa shape index (κ3) is 4.24. The fraction of sp³-hybridized carbons (Fsp3) is 0.478. The number of aryl methyl sites for hydroxylation is 2. The largest absolute Gasteiger partial charge is 0.379 e. The van der Waals surface area contributed by atoms with Gasteiger partial charge in [-0.15, -0.1) is 11.3 Å². The smallest absolute Gasteiger partial charge is 0.146 e. The van der Waals surface area contributed by atoms with Crippen molar-refractivity contribution in [2.75, 3.05) is 62.3 Å². The molecule has 0 aliphatic carbocycles. The summed E-state index contributed by atoms with van der Waals surface area (Å²) in [5.74, 6) is 1.77. The lowest BCUT2D eigenvalue weighted by atomic mass is 10.2. The molecule has 6 nitrogen and oxygen atoms in total. The number of halogens is 1. The average molecular weight is 442 g/mol. The number of benzene rings is 1. The predicted molar refractivity (Wildman–Crippen MR) is 124 cm³/mol. The van der Waals surface area contributed by atoms with E-state index in [1.807, 2.05) is 12.1 Å². The Bertz CT molecular complexity index is 1060. The van der Waals surface area contributed by atoms with Crippen molar-refractivity contribution in [3.8, 4) is 0 Å². The molecule has 0 saturated carbocycles. The number of aromatic nitrogens is 2. The first-order chi connectivity index (χ1) is 15.1. The highest BCUT2D eigenvalue weighted by Crippen LogP contribution is 2.35. The summed E-state index contributed by atoms with van der Waals surface area (Å²) in [4.78, 5) is 19.5. The molecular weight excluding hydrogens is 413 g/mol. The minimum Gasteiger partial charge on any atom is -0.379 e. The first-order valence-corrected chi connectivity index (χ1v) is 11.7. The molecule has 2 fully saturated rings. The molecule has 0 bridgehead atoms. The number of ether oxygens (including phenoxy) is 1. The van der Waals surface area contributed by atoms with Gasteiger partial charge in [-0.05, 0) is 43.7 Å². The quantitative estimate of drug-likeness (QED) is 0.616. The Labute approximate surface area is 186 Å². The number of hydrogen-bond acceptors (Lipinski definition) is 7. The summed E-state index contributed by atoms with van der Waals surface area (Å²) >= 11 is 1.76. The first kappa shape index (κ1) is 20.6. The average Bonchev–Trinajstić information content (AvgIpc) is 3.08. The molecule has 0 spiro atoms. The molecular formula is C23H28FN5OS. The van der Waals surface area contributed by atoms with Crippen LogP contribution >= 0.6 is 11.3 Å². The van der Waals surface area contributed by atoms with Gasteiger partial charge in [0, 0.05) is 49.8 Å². The van der Waals surface area contributed by atoms with Crippen LogP contribution in [0.3, 0.4) is 0 Å². The Balaban J connectivity index is 1.40. The second-order valence-electron chi connectivity index (χ2n) is 8.27. The van der Waals surface area contributed by atoms with Crippen LogP contribution in [-0.2, 0) is 11.3 Å². The SMILES string of the molecule is Cc1sc2nc(CN3CCOCC3)nc(N3CCN(c4ccc(F)cc4)CC3)c2c1C. The number of fused-ring (bicyclic) bond motifs is 1. The van der Waals surface area contributed by atoms with E-state index in [9.17, 15) is 4.39 Å². The third-order valence-electron chi connectivity index (χ3n) is 6.30. The van der Waals surface area contributed by atoms with Gasteiger partial charge in [0.1, 0.15) is 22.3 Å². The highest BCUT2D eigenvalue weighted by molar-refractivity contribution is 7.18. The molecule has 2 aromatic heterocycles. The Morgan fingerprint density at radius 1 is 0.935 bits per heavy atom. The molecule has 0 radical (unpaired) electrons. The zero-order chi connectivity index (χ0) is 21.4. The number of anilines is 2. The van der Waals surface area contributed by atoms with Gasteiger partial charge in [0.05, 0.1) is 25.1 Å². The second kappa shape index (κ2) is 8.68. The van der Waals surface area contributed by atoms with E-state index in [0.717, 1.165) is 81.2 Å². The van der Waals surface area contributed by atoms with Crippen LogP contribution in [0.2, 0.25) is 0 Å². The van der Waals surface area contributed by atoms with Crippen LogP contribution in [0.5, 0.6) is 0 Å². The summed E-state index contributed by atoms with van der Waals surface area (Å²) in [6.07, 6.45) is 0. The molecule has 0 N–H and O–H groups in total. The minimum absolute atomic E-state index is 0.193. The van der Waals surface area contributed by atoms with Gasteiger partial charge >= 0.3 is 0 Å². The number of morpholine rings is 1. The number of thiophene rings is 1. The molecule has 2 aliphatic heterocycles. The van der Waals surface area contributed by atoms with Crippen LogP contribution in [0.1, 0.15) is 16.3 Å². The van der Waals surface area contributed by atoms with Gasteiger partial charge in [0.25, 0.3) is 0 Å². The lowest BCUT2D eigenvalue weighted by molar-refractivity contribution is 0.0331. The van der Waals surface area contributed by atoms with E-state index in [1.165, 1.54) is 28.0 Å². The maximum absolute atomic E-state index is 13.3. The summed E-state index contributed by atoms with van der Waals surface area (Å²) in [7, 11) is 0. The van der Waals surface area contributed by atoms with E-state index in [-0.39, 0.29) is 5.82 Å². The van der Waals surface area contributed by atoms with Gasteiger partial charge in [-0.25, -0.2) is 14.4 Å². The van der Waals surface area contributed by atoms with Crippen molar-refractivity contribution >= 4 is 33.1 Å². The third-order valence-corrected chi connectivity index (χ3v) is 7.40. The highest BCUT2D eigenvalue weighted by atomic mass is 32.1. The molecule has 0 unspecified atom stereocenters. The lowest BCUT2D eigenvalue weighted by Gasteiger charge is -2.37. The van der Waals surface area contributed by atoms with E-state index in [0.29, 0.717) is 0 Å². The molecule has 31 heavy (non-hydrogen) atoms. The van der Waals surface area contributed by atoms with E-state index in [2.05, 4.69) is 28.5 Å². The number of nitrogens with zero attached hydrogens (tertiary/aromatic N) is 5. The van der Waals surface area contributed by atoms with Crippen molar-refractivity contribution < 1.29 is 9.13 Å². The van der Waals surface area contributed by atoms with E-state index in [1.54, 1.807) is 11.3 Å². The summed E-state index contributed by atoms with van der Waals surface area (Å²) in [5, 5.41) is 1.20. The maximum atomic E-state index is 13.3. The molecule has 164 valence electrons. The van der Waals surface area contributed by atoms with Crippen LogP contribution in [0, 0.1) is 19.7 Å². The molecule has 5 rings (SSSR count).